The molecule has 4 rings (SSSR count). The van der Waals surface area contributed by atoms with Crippen molar-refractivity contribution in [1.82, 2.24) is 9.78 Å². The molecular formula is C20H19ClN4O4S. The van der Waals surface area contributed by atoms with Crippen LogP contribution in [0.4, 0.5) is 11.4 Å². The Hall–Kier alpha value is -3.04. The number of hydrogen-bond donors (Lipinski definition) is 1. The Morgan fingerprint density at radius 2 is 1.97 bits per heavy atom. The van der Waals surface area contributed by atoms with Gasteiger partial charge in [-0.3, -0.25) is 9.52 Å². The molecule has 3 aromatic rings. The fraction of sp³-hybridized carbons (Fsp3) is 0.200. The molecule has 30 heavy (non-hydrogen) atoms. The van der Waals surface area contributed by atoms with Crippen LogP contribution in [0.1, 0.15) is 12.8 Å². The number of hydrogen-bond acceptors (Lipinski definition) is 5. The number of amides is 1. The van der Waals surface area contributed by atoms with Crippen LogP contribution in [0.3, 0.4) is 0 Å². The van der Waals surface area contributed by atoms with Gasteiger partial charge in [0.25, 0.3) is 10.0 Å². The van der Waals surface area contributed by atoms with Crippen molar-refractivity contribution >= 4 is 38.9 Å². The smallest absolute Gasteiger partial charge is 0.265 e. The average molecular weight is 447 g/mol. The van der Waals surface area contributed by atoms with Gasteiger partial charge >= 0.3 is 0 Å². The van der Waals surface area contributed by atoms with E-state index in [4.69, 9.17) is 16.3 Å². The standard InChI is InChI=1S/C20H19ClN4O4S/c1-29-19-9-8-14(21)11-18(19)25-13-15(12-22-25)30(27,28)23-16-5-2-3-6-17(16)24-10-4-7-20(24)26/h2-3,5-6,8-9,11-13,23H,4,7,10H2,1H3. The minimum absolute atomic E-state index is 0.0254. The molecule has 156 valence electrons. The van der Waals surface area contributed by atoms with Crippen LogP contribution in [0.15, 0.2) is 59.8 Å². The summed E-state index contributed by atoms with van der Waals surface area (Å²) in [5, 5.41) is 4.62. The van der Waals surface area contributed by atoms with Gasteiger partial charge in [-0.15, -0.1) is 0 Å². The molecule has 0 spiro atoms. The van der Waals surface area contributed by atoms with Gasteiger partial charge in [0.05, 0.1) is 30.9 Å². The molecule has 1 fully saturated rings. The summed E-state index contributed by atoms with van der Waals surface area (Å²) in [5.41, 5.74) is 1.38. The summed E-state index contributed by atoms with van der Waals surface area (Å²) in [5.74, 6) is 0.472. The van der Waals surface area contributed by atoms with Gasteiger partial charge < -0.3 is 9.64 Å². The lowest BCUT2D eigenvalue weighted by molar-refractivity contribution is -0.117. The molecule has 0 radical (unpaired) electrons. The number of ether oxygens (including phenoxy) is 1. The van der Waals surface area contributed by atoms with E-state index >= 15 is 0 Å². The van der Waals surface area contributed by atoms with Crippen LogP contribution in [0.2, 0.25) is 5.02 Å². The third-order valence-electron chi connectivity index (χ3n) is 4.77. The van der Waals surface area contributed by atoms with Gasteiger partial charge in [0, 0.05) is 18.0 Å². The van der Waals surface area contributed by atoms with Crippen LogP contribution in [0, 0.1) is 0 Å². The Labute approximate surface area is 179 Å². The SMILES string of the molecule is COc1ccc(Cl)cc1-n1cc(S(=O)(=O)Nc2ccccc2N2CCCC2=O)cn1. The molecule has 1 aliphatic rings. The molecule has 2 aromatic carbocycles. The van der Waals surface area contributed by atoms with Crippen molar-refractivity contribution in [3.63, 3.8) is 0 Å². The second kappa shape index (κ2) is 8.00. The minimum atomic E-state index is -3.94. The average Bonchev–Trinajstić information content (AvgIpc) is 3.38. The highest BCUT2D eigenvalue weighted by Gasteiger charge is 2.26. The molecule has 0 atom stereocenters. The van der Waals surface area contributed by atoms with E-state index in [1.807, 2.05) is 0 Å². The maximum absolute atomic E-state index is 13.0. The van der Waals surface area contributed by atoms with E-state index in [2.05, 4.69) is 9.82 Å². The quantitative estimate of drug-likeness (QED) is 0.625. The number of aromatic nitrogens is 2. The number of benzene rings is 2. The Bertz CT molecular complexity index is 1210. The fourth-order valence-electron chi connectivity index (χ4n) is 3.32. The number of carbonyl (C=O) groups is 1. The molecule has 1 amide bonds. The summed E-state index contributed by atoms with van der Waals surface area (Å²) in [4.78, 5) is 13.7. The highest BCUT2D eigenvalue weighted by atomic mass is 35.5. The second-order valence-corrected chi connectivity index (χ2v) is 8.83. The summed E-state index contributed by atoms with van der Waals surface area (Å²) >= 11 is 6.06. The van der Waals surface area contributed by atoms with Crippen molar-refractivity contribution in [2.75, 3.05) is 23.3 Å². The minimum Gasteiger partial charge on any atom is -0.494 e. The van der Waals surface area contributed by atoms with Gasteiger partial charge in [0.2, 0.25) is 5.91 Å². The lowest BCUT2D eigenvalue weighted by Crippen LogP contribution is -2.25. The van der Waals surface area contributed by atoms with E-state index in [9.17, 15) is 13.2 Å². The molecule has 1 N–H and O–H groups in total. The predicted molar refractivity (Wildman–Crippen MR) is 114 cm³/mol. The lowest BCUT2D eigenvalue weighted by Gasteiger charge is -2.20. The van der Waals surface area contributed by atoms with Crippen molar-refractivity contribution in [1.29, 1.82) is 0 Å². The second-order valence-electron chi connectivity index (χ2n) is 6.71. The molecule has 0 aliphatic carbocycles. The van der Waals surface area contributed by atoms with E-state index in [0.717, 1.165) is 6.42 Å². The number of sulfonamides is 1. The van der Waals surface area contributed by atoms with Gasteiger partial charge in [-0.2, -0.15) is 5.10 Å². The summed E-state index contributed by atoms with van der Waals surface area (Å²) in [6.07, 6.45) is 3.82. The number of anilines is 2. The first kappa shape index (κ1) is 20.2. The zero-order valence-electron chi connectivity index (χ0n) is 16.1. The largest absolute Gasteiger partial charge is 0.494 e. The molecule has 10 heteroatoms. The van der Waals surface area contributed by atoms with Crippen LogP contribution in [0.5, 0.6) is 5.75 Å². The highest BCUT2D eigenvalue weighted by Crippen LogP contribution is 2.31. The van der Waals surface area contributed by atoms with Crippen LogP contribution in [-0.4, -0.2) is 37.8 Å². The first-order chi connectivity index (χ1) is 14.4. The molecule has 1 aromatic heterocycles. The lowest BCUT2D eigenvalue weighted by atomic mass is 10.2. The maximum atomic E-state index is 13.0. The van der Waals surface area contributed by atoms with Gasteiger partial charge in [-0.25, -0.2) is 13.1 Å². The predicted octanol–water partition coefficient (Wildman–Crippen LogP) is 3.46. The number of methoxy groups -OCH3 is 1. The summed E-state index contributed by atoms with van der Waals surface area (Å²) in [7, 11) is -2.44. The monoisotopic (exact) mass is 446 g/mol. The van der Waals surface area contributed by atoms with Crippen LogP contribution >= 0.6 is 11.6 Å². The van der Waals surface area contributed by atoms with Gasteiger partial charge in [0.15, 0.2) is 0 Å². The van der Waals surface area contributed by atoms with E-state index < -0.39 is 10.0 Å². The number of para-hydroxylation sites is 2. The zero-order valence-corrected chi connectivity index (χ0v) is 17.7. The fourth-order valence-corrected chi connectivity index (χ4v) is 4.49. The van der Waals surface area contributed by atoms with Gasteiger partial charge in [0.1, 0.15) is 16.3 Å². The first-order valence-electron chi connectivity index (χ1n) is 9.20. The Kier molecular flexibility index (Phi) is 5.40. The number of halogens is 1. The molecule has 1 aliphatic heterocycles. The van der Waals surface area contributed by atoms with Crippen LogP contribution in [-0.2, 0) is 14.8 Å². The van der Waals surface area contributed by atoms with Gasteiger partial charge in [-0.1, -0.05) is 23.7 Å². The molecule has 8 nitrogen and oxygen atoms in total. The third-order valence-corrected chi connectivity index (χ3v) is 6.32. The molecule has 0 unspecified atom stereocenters. The highest BCUT2D eigenvalue weighted by molar-refractivity contribution is 7.92. The third kappa shape index (κ3) is 3.86. The topological polar surface area (TPSA) is 93.5 Å². The van der Waals surface area contributed by atoms with Gasteiger partial charge in [-0.05, 0) is 36.8 Å². The van der Waals surface area contributed by atoms with E-state index in [1.54, 1.807) is 47.4 Å². The van der Waals surface area contributed by atoms with E-state index in [1.165, 1.54) is 24.2 Å². The summed E-state index contributed by atoms with van der Waals surface area (Å²) < 4.78 is 35.2. The molecule has 0 saturated carbocycles. The molecule has 1 saturated heterocycles. The summed E-state index contributed by atoms with van der Waals surface area (Å²) in [6, 6.07) is 11.8. The molecule has 0 bridgehead atoms. The maximum Gasteiger partial charge on any atom is 0.265 e. The number of carbonyl (C=O) groups excluding carboxylic acids is 1. The molecular weight excluding hydrogens is 428 g/mol. The van der Waals surface area contributed by atoms with Crippen molar-refractivity contribution in [2.45, 2.75) is 17.7 Å². The zero-order chi connectivity index (χ0) is 21.3. The summed E-state index contributed by atoms with van der Waals surface area (Å²) in [6.45, 7) is 0.560. The van der Waals surface area contributed by atoms with Crippen molar-refractivity contribution in [3.8, 4) is 11.4 Å². The van der Waals surface area contributed by atoms with Crippen molar-refractivity contribution < 1.29 is 17.9 Å². The Morgan fingerprint density at radius 3 is 2.70 bits per heavy atom. The molecule has 2 heterocycles. The van der Waals surface area contributed by atoms with Crippen LogP contribution in [0.25, 0.3) is 5.69 Å². The Balaban J connectivity index is 1.66. The Morgan fingerprint density at radius 1 is 1.17 bits per heavy atom. The van der Waals surface area contributed by atoms with Crippen molar-refractivity contribution in [3.05, 3.63) is 59.9 Å². The number of nitrogens with zero attached hydrogens (tertiary/aromatic N) is 3. The van der Waals surface area contributed by atoms with Crippen molar-refractivity contribution in [2.24, 2.45) is 0 Å². The number of rotatable bonds is 6. The number of nitrogens with one attached hydrogen (secondary N) is 1. The normalized spacial score (nSPS) is 14.2. The van der Waals surface area contributed by atoms with E-state index in [0.29, 0.717) is 40.8 Å². The van der Waals surface area contributed by atoms with Crippen LogP contribution < -0.4 is 14.4 Å². The first-order valence-corrected chi connectivity index (χ1v) is 11.1. The van der Waals surface area contributed by atoms with E-state index in [-0.39, 0.29) is 10.8 Å².